The highest BCUT2D eigenvalue weighted by Gasteiger charge is 2.10. The minimum atomic E-state index is -0.206. The average Bonchev–Trinajstić information content (AvgIpc) is 2.37. The van der Waals surface area contributed by atoms with Crippen molar-refractivity contribution in [3.63, 3.8) is 0 Å². The summed E-state index contributed by atoms with van der Waals surface area (Å²) in [5.41, 5.74) is 8.49. The normalized spacial score (nSPS) is 10.2. The van der Waals surface area contributed by atoms with Crippen LogP contribution >= 0.6 is 0 Å². The maximum Gasteiger partial charge on any atom is 0.229 e. The first-order valence-electron chi connectivity index (χ1n) is 5.99. The molecule has 4 N–H and O–H groups in total. The third kappa shape index (κ3) is 3.04. The highest BCUT2D eigenvalue weighted by molar-refractivity contribution is 5.96. The Bertz CT molecular complexity index is 589. The number of para-hydroxylation sites is 2. The third-order valence-corrected chi connectivity index (χ3v) is 2.91. The number of hydrogen-bond donors (Lipinski definition) is 3. The van der Waals surface area contributed by atoms with Crippen LogP contribution in [0, 0.1) is 6.92 Å². The molecular formula is C15H16N2O2. The molecule has 0 saturated heterocycles. The Morgan fingerprint density at radius 1 is 1.21 bits per heavy atom. The predicted octanol–water partition coefficient (Wildman–Crippen LogP) is 2.46. The maximum absolute atomic E-state index is 12.0. The van der Waals surface area contributed by atoms with Crippen LogP contribution in [0.3, 0.4) is 0 Å². The molecule has 0 heterocycles. The number of carbonyl (C=O) groups excluding carboxylic acids is 1. The van der Waals surface area contributed by atoms with Crippen LogP contribution in [0.2, 0.25) is 0 Å². The Kier molecular flexibility index (Phi) is 3.71. The Morgan fingerprint density at radius 3 is 2.63 bits per heavy atom. The van der Waals surface area contributed by atoms with Gasteiger partial charge in [0, 0.05) is 5.56 Å². The van der Waals surface area contributed by atoms with Crippen molar-refractivity contribution in [3.8, 4) is 5.75 Å². The number of nitrogen functional groups attached to an aromatic ring is 1. The van der Waals surface area contributed by atoms with Gasteiger partial charge in [-0.3, -0.25) is 4.79 Å². The number of nitrogens with one attached hydrogen (secondary N) is 1. The number of nitrogens with two attached hydrogens (primary N) is 1. The van der Waals surface area contributed by atoms with Crippen LogP contribution < -0.4 is 11.1 Å². The van der Waals surface area contributed by atoms with E-state index >= 15 is 0 Å². The molecule has 98 valence electrons. The van der Waals surface area contributed by atoms with Crippen molar-refractivity contribution in [1.29, 1.82) is 0 Å². The van der Waals surface area contributed by atoms with Crippen molar-refractivity contribution < 1.29 is 9.90 Å². The summed E-state index contributed by atoms with van der Waals surface area (Å²) in [6, 6.07) is 12.2. The molecule has 0 aromatic heterocycles. The van der Waals surface area contributed by atoms with E-state index < -0.39 is 0 Å². The number of benzene rings is 2. The lowest BCUT2D eigenvalue weighted by atomic mass is 10.1. The van der Waals surface area contributed by atoms with E-state index in [2.05, 4.69) is 5.32 Å². The molecule has 0 spiro atoms. The minimum Gasteiger partial charge on any atom is -0.508 e. The van der Waals surface area contributed by atoms with Crippen molar-refractivity contribution in [2.75, 3.05) is 11.1 Å². The van der Waals surface area contributed by atoms with Gasteiger partial charge in [0.25, 0.3) is 0 Å². The number of phenolic OH excluding ortho intramolecular Hbond substituents is 1. The van der Waals surface area contributed by atoms with E-state index in [1.165, 1.54) is 0 Å². The fourth-order valence-electron chi connectivity index (χ4n) is 1.88. The van der Waals surface area contributed by atoms with Gasteiger partial charge in [-0.25, -0.2) is 0 Å². The van der Waals surface area contributed by atoms with Gasteiger partial charge < -0.3 is 16.2 Å². The van der Waals surface area contributed by atoms with Crippen molar-refractivity contribution in [1.82, 2.24) is 0 Å². The lowest BCUT2D eigenvalue weighted by molar-refractivity contribution is -0.115. The van der Waals surface area contributed by atoms with Crippen LogP contribution in [0.4, 0.5) is 11.4 Å². The highest BCUT2D eigenvalue weighted by atomic mass is 16.3. The van der Waals surface area contributed by atoms with Crippen molar-refractivity contribution in [2.24, 2.45) is 0 Å². The van der Waals surface area contributed by atoms with Gasteiger partial charge in [-0.2, -0.15) is 0 Å². The first-order chi connectivity index (χ1) is 9.08. The van der Waals surface area contributed by atoms with Gasteiger partial charge in [-0.05, 0) is 24.6 Å². The third-order valence-electron chi connectivity index (χ3n) is 2.91. The van der Waals surface area contributed by atoms with Gasteiger partial charge in [-0.15, -0.1) is 0 Å². The van der Waals surface area contributed by atoms with Crippen LogP contribution in [0.1, 0.15) is 11.1 Å². The zero-order valence-electron chi connectivity index (χ0n) is 10.7. The second kappa shape index (κ2) is 5.44. The van der Waals surface area contributed by atoms with Crippen molar-refractivity contribution in [3.05, 3.63) is 53.6 Å². The standard InChI is InChI=1S/C15H16N2O2/c1-10-5-4-7-12(16)15(10)17-14(19)9-11-6-2-3-8-13(11)18/h2-8,18H,9,16H2,1H3,(H,17,19). The van der Waals surface area contributed by atoms with Crippen molar-refractivity contribution >= 4 is 17.3 Å². The monoisotopic (exact) mass is 256 g/mol. The Morgan fingerprint density at radius 2 is 1.95 bits per heavy atom. The number of carbonyl (C=O) groups is 1. The number of amides is 1. The molecule has 0 bridgehead atoms. The average molecular weight is 256 g/mol. The lowest BCUT2D eigenvalue weighted by Crippen LogP contribution is -2.16. The highest BCUT2D eigenvalue weighted by Crippen LogP contribution is 2.23. The number of phenols is 1. The molecule has 0 radical (unpaired) electrons. The predicted molar refractivity (Wildman–Crippen MR) is 76.0 cm³/mol. The first kappa shape index (κ1) is 13.0. The quantitative estimate of drug-likeness (QED) is 0.738. The molecule has 0 atom stereocenters. The molecule has 2 aromatic carbocycles. The Balaban J connectivity index is 2.12. The van der Waals surface area contributed by atoms with Gasteiger partial charge in [0.15, 0.2) is 0 Å². The van der Waals surface area contributed by atoms with Gasteiger partial charge in [-0.1, -0.05) is 30.3 Å². The Hall–Kier alpha value is -2.49. The SMILES string of the molecule is Cc1cccc(N)c1NC(=O)Cc1ccccc1O. The Labute approximate surface area is 111 Å². The van der Waals surface area contributed by atoms with Crippen molar-refractivity contribution in [2.45, 2.75) is 13.3 Å². The number of rotatable bonds is 3. The number of hydrogen-bond acceptors (Lipinski definition) is 3. The summed E-state index contributed by atoms with van der Waals surface area (Å²) in [7, 11) is 0. The summed E-state index contributed by atoms with van der Waals surface area (Å²) in [6.45, 7) is 1.88. The zero-order chi connectivity index (χ0) is 13.8. The van der Waals surface area contributed by atoms with E-state index in [1.54, 1.807) is 30.3 Å². The summed E-state index contributed by atoms with van der Waals surface area (Å²) in [5, 5.41) is 12.4. The number of anilines is 2. The second-order valence-corrected chi connectivity index (χ2v) is 4.39. The zero-order valence-corrected chi connectivity index (χ0v) is 10.7. The molecule has 4 heteroatoms. The molecule has 19 heavy (non-hydrogen) atoms. The van der Waals surface area contributed by atoms with Gasteiger partial charge in [0.05, 0.1) is 17.8 Å². The van der Waals surface area contributed by atoms with Gasteiger partial charge in [0.2, 0.25) is 5.91 Å². The van der Waals surface area contributed by atoms with E-state index in [9.17, 15) is 9.90 Å². The molecule has 0 aliphatic rings. The summed E-state index contributed by atoms with van der Waals surface area (Å²) in [5.74, 6) is -0.0853. The molecule has 4 nitrogen and oxygen atoms in total. The van der Waals surface area contributed by atoms with Crippen LogP contribution in [-0.4, -0.2) is 11.0 Å². The fraction of sp³-hybridized carbons (Fsp3) is 0.133. The summed E-state index contributed by atoms with van der Waals surface area (Å²) >= 11 is 0. The van der Waals surface area contributed by atoms with E-state index in [0.717, 1.165) is 5.56 Å². The summed E-state index contributed by atoms with van der Waals surface area (Å²) in [4.78, 5) is 12.0. The molecule has 2 rings (SSSR count). The maximum atomic E-state index is 12.0. The van der Waals surface area contributed by atoms with Crippen LogP contribution in [0.15, 0.2) is 42.5 Å². The van der Waals surface area contributed by atoms with Crippen LogP contribution in [0.25, 0.3) is 0 Å². The molecule has 1 amide bonds. The molecule has 2 aromatic rings. The molecule has 0 unspecified atom stereocenters. The van der Waals surface area contributed by atoms with E-state index in [-0.39, 0.29) is 18.1 Å². The molecule has 0 saturated carbocycles. The van der Waals surface area contributed by atoms with Crippen LogP contribution in [-0.2, 0) is 11.2 Å². The fourth-order valence-corrected chi connectivity index (χ4v) is 1.88. The van der Waals surface area contributed by atoms with Crippen LogP contribution in [0.5, 0.6) is 5.75 Å². The van der Waals surface area contributed by atoms with Gasteiger partial charge in [0.1, 0.15) is 5.75 Å². The summed E-state index contributed by atoms with van der Waals surface area (Å²) in [6.07, 6.45) is 0.112. The minimum absolute atomic E-state index is 0.112. The molecule has 0 fully saturated rings. The number of aryl methyl sites for hydroxylation is 1. The summed E-state index contributed by atoms with van der Waals surface area (Å²) < 4.78 is 0. The molecular weight excluding hydrogens is 240 g/mol. The van der Waals surface area contributed by atoms with Gasteiger partial charge >= 0.3 is 0 Å². The molecule has 0 aliphatic heterocycles. The van der Waals surface area contributed by atoms with E-state index in [1.807, 2.05) is 19.1 Å². The molecule has 0 aliphatic carbocycles. The largest absolute Gasteiger partial charge is 0.508 e. The van der Waals surface area contributed by atoms with E-state index in [4.69, 9.17) is 5.73 Å². The topological polar surface area (TPSA) is 75.3 Å². The first-order valence-corrected chi connectivity index (χ1v) is 5.99. The second-order valence-electron chi connectivity index (χ2n) is 4.39. The lowest BCUT2D eigenvalue weighted by Gasteiger charge is -2.11. The van der Waals surface area contributed by atoms with E-state index in [0.29, 0.717) is 16.9 Å². The number of aromatic hydroxyl groups is 1. The smallest absolute Gasteiger partial charge is 0.229 e.